The number of amides is 1. The molecule has 1 amide bonds. The van der Waals surface area contributed by atoms with E-state index in [-0.39, 0.29) is 5.91 Å². The van der Waals surface area contributed by atoms with Crippen LogP contribution in [0.4, 0.5) is 11.4 Å². The van der Waals surface area contributed by atoms with Gasteiger partial charge in [-0.25, -0.2) is 9.59 Å². The second-order valence-corrected chi connectivity index (χ2v) is 8.34. The fourth-order valence-electron chi connectivity index (χ4n) is 4.22. The van der Waals surface area contributed by atoms with Crippen molar-refractivity contribution in [1.82, 2.24) is 0 Å². The van der Waals surface area contributed by atoms with E-state index in [1.807, 2.05) is 18.2 Å². The number of ether oxygens (including phenoxy) is 2. The first-order valence-electron chi connectivity index (χ1n) is 11.5. The number of morpholine rings is 1. The van der Waals surface area contributed by atoms with Crippen molar-refractivity contribution in [1.29, 1.82) is 0 Å². The molecule has 4 aromatic rings. The molecule has 1 aliphatic rings. The number of methoxy groups -OCH3 is 1. The van der Waals surface area contributed by atoms with Gasteiger partial charge in [0.05, 0.1) is 42.8 Å². The Balaban J connectivity index is 1.42. The van der Waals surface area contributed by atoms with E-state index in [1.54, 1.807) is 54.6 Å². The molecule has 0 bridgehead atoms. The van der Waals surface area contributed by atoms with E-state index in [0.717, 1.165) is 11.1 Å². The summed E-state index contributed by atoms with van der Waals surface area (Å²) in [4.78, 5) is 39.8. The number of rotatable bonds is 5. The van der Waals surface area contributed by atoms with Gasteiger partial charge in [-0.3, -0.25) is 4.79 Å². The van der Waals surface area contributed by atoms with Crippen LogP contribution >= 0.6 is 0 Å². The van der Waals surface area contributed by atoms with Gasteiger partial charge in [0.25, 0.3) is 5.91 Å². The molecular weight excluding hydrogens is 460 g/mol. The van der Waals surface area contributed by atoms with Crippen LogP contribution in [0.1, 0.15) is 20.7 Å². The Morgan fingerprint density at radius 3 is 2.39 bits per heavy atom. The predicted molar refractivity (Wildman–Crippen MR) is 137 cm³/mol. The van der Waals surface area contributed by atoms with Crippen molar-refractivity contribution in [2.45, 2.75) is 0 Å². The number of nitrogens with one attached hydrogen (secondary N) is 1. The quantitative estimate of drug-likeness (QED) is 0.332. The Kier molecular flexibility index (Phi) is 6.51. The highest BCUT2D eigenvalue weighted by molar-refractivity contribution is 6.07. The Hall–Kier alpha value is -4.43. The van der Waals surface area contributed by atoms with Gasteiger partial charge in [-0.15, -0.1) is 0 Å². The summed E-state index contributed by atoms with van der Waals surface area (Å²) in [5, 5.41) is 3.74. The van der Waals surface area contributed by atoms with Gasteiger partial charge < -0.3 is 24.1 Å². The average Bonchev–Trinajstić information content (AvgIpc) is 2.92. The van der Waals surface area contributed by atoms with E-state index in [4.69, 9.17) is 13.9 Å². The van der Waals surface area contributed by atoms with Crippen molar-refractivity contribution in [3.63, 3.8) is 0 Å². The van der Waals surface area contributed by atoms with Gasteiger partial charge in [0, 0.05) is 24.0 Å². The minimum Gasteiger partial charge on any atom is -0.465 e. The number of carbonyl (C=O) groups is 2. The van der Waals surface area contributed by atoms with Gasteiger partial charge >= 0.3 is 11.6 Å². The fraction of sp³-hybridized carbons (Fsp3) is 0.179. The summed E-state index contributed by atoms with van der Waals surface area (Å²) in [6, 6.07) is 20.9. The second kappa shape index (κ2) is 10.1. The van der Waals surface area contributed by atoms with E-state index in [2.05, 4.69) is 10.2 Å². The van der Waals surface area contributed by atoms with Crippen LogP contribution < -0.4 is 15.8 Å². The van der Waals surface area contributed by atoms with Crippen LogP contribution in [0.25, 0.3) is 22.1 Å². The minimum atomic E-state index is -0.488. The van der Waals surface area contributed by atoms with Crippen molar-refractivity contribution in [3.05, 3.63) is 94.3 Å². The average molecular weight is 485 g/mol. The molecular formula is C28H24N2O6. The van der Waals surface area contributed by atoms with Crippen LogP contribution in [0, 0.1) is 0 Å². The van der Waals surface area contributed by atoms with Crippen molar-refractivity contribution in [2.75, 3.05) is 43.6 Å². The largest absolute Gasteiger partial charge is 0.465 e. The van der Waals surface area contributed by atoms with Gasteiger partial charge in [-0.2, -0.15) is 0 Å². The summed E-state index contributed by atoms with van der Waals surface area (Å²) in [6.07, 6.45) is 0. The molecule has 1 saturated heterocycles. The number of anilines is 2. The monoisotopic (exact) mass is 484 g/mol. The van der Waals surface area contributed by atoms with Gasteiger partial charge in [-0.05, 0) is 48.0 Å². The zero-order valence-corrected chi connectivity index (χ0v) is 19.7. The Labute approximate surface area is 207 Å². The van der Waals surface area contributed by atoms with Gasteiger partial charge in [0.2, 0.25) is 0 Å². The highest BCUT2D eigenvalue weighted by Gasteiger charge is 2.19. The SMILES string of the molecule is COC(=O)c1ccc(N2CCOCC2)c(NC(=O)c2ccc(-c3cc4ccccc4oc3=O)cc2)c1. The number of benzene rings is 3. The van der Waals surface area contributed by atoms with Crippen LogP contribution in [0.15, 0.2) is 82.0 Å². The standard InChI is InChI=1S/C28H24N2O6/c1-34-27(32)21-10-11-24(30-12-14-35-15-13-30)23(17-21)29-26(31)19-8-6-18(7-9-19)22-16-20-4-2-3-5-25(20)36-28(22)33/h2-11,16-17H,12-15H2,1H3,(H,29,31). The lowest BCUT2D eigenvalue weighted by molar-refractivity contribution is 0.0600. The Morgan fingerprint density at radius 2 is 1.64 bits per heavy atom. The first-order chi connectivity index (χ1) is 17.5. The van der Waals surface area contributed by atoms with Gasteiger partial charge in [0.15, 0.2) is 0 Å². The molecule has 36 heavy (non-hydrogen) atoms. The predicted octanol–water partition coefficient (Wildman–Crippen LogP) is 4.34. The Morgan fingerprint density at radius 1 is 0.917 bits per heavy atom. The molecule has 1 fully saturated rings. The molecule has 2 heterocycles. The number of fused-ring (bicyclic) bond motifs is 1. The summed E-state index contributed by atoms with van der Waals surface area (Å²) in [5.74, 6) is -0.832. The van der Waals surface area contributed by atoms with Crippen LogP contribution in [-0.2, 0) is 9.47 Å². The summed E-state index contributed by atoms with van der Waals surface area (Å²) >= 11 is 0. The molecule has 5 rings (SSSR count). The van der Waals surface area contributed by atoms with Gasteiger partial charge in [0.1, 0.15) is 5.58 Å². The molecule has 0 aliphatic carbocycles. The summed E-state index contributed by atoms with van der Waals surface area (Å²) in [7, 11) is 1.31. The molecule has 8 heteroatoms. The molecule has 1 aliphatic heterocycles. The van der Waals surface area contributed by atoms with Crippen molar-refractivity contribution < 1.29 is 23.5 Å². The molecule has 3 aromatic carbocycles. The summed E-state index contributed by atoms with van der Waals surface area (Å²) in [6.45, 7) is 2.50. The maximum Gasteiger partial charge on any atom is 0.344 e. The van der Waals surface area contributed by atoms with E-state index >= 15 is 0 Å². The topological polar surface area (TPSA) is 98.1 Å². The van der Waals surface area contributed by atoms with Crippen LogP contribution in [0.3, 0.4) is 0 Å². The van der Waals surface area contributed by atoms with Gasteiger partial charge in [-0.1, -0.05) is 30.3 Å². The van der Waals surface area contributed by atoms with E-state index in [1.165, 1.54) is 7.11 Å². The molecule has 1 N–H and O–H groups in total. The number of carbonyl (C=O) groups excluding carboxylic acids is 2. The lowest BCUT2D eigenvalue weighted by atomic mass is 10.0. The number of para-hydroxylation sites is 1. The first-order valence-corrected chi connectivity index (χ1v) is 11.5. The summed E-state index contributed by atoms with van der Waals surface area (Å²) < 4.78 is 15.7. The lowest BCUT2D eigenvalue weighted by Crippen LogP contribution is -2.36. The molecule has 0 saturated carbocycles. The Bertz CT molecular complexity index is 1490. The molecule has 8 nitrogen and oxygen atoms in total. The third-order valence-electron chi connectivity index (χ3n) is 6.12. The zero-order valence-electron chi connectivity index (χ0n) is 19.7. The van der Waals surface area contributed by atoms with E-state index in [0.29, 0.717) is 59.8 Å². The fourth-order valence-corrected chi connectivity index (χ4v) is 4.22. The molecule has 0 atom stereocenters. The number of hydrogen-bond donors (Lipinski definition) is 1. The molecule has 0 unspecified atom stereocenters. The highest BCUT2D eigenvalue weighted by Crippen LogP contribution is 2.29. The van der Waals surface area contributed by atoms with E-state index < -0.39 is 11.6 Å². The third kappa shape index (κ3) is 4.71. The maximum atomic E-state index is 13.1. The zero-order chi connectivity index (χ0) is 25.1. The minimum absolute atomic E-state index is 0.336. The summed E-state index contributed by atoms with van der Waals surface area (Å²) in [5.41, 5.74) is 3.18. The lowest BCUT2D eigenvalue weighted by Gasteiger charge is -2.30. The van der Waals surface area contributed by atoms with Crippen LogP contribution in [0.5, 0.6) is 0 Å². The molecule has 0 spiro atoms. The van der Waals surface area contributed by atoms with Crippen molar-refractivity contribution in [2.24, 2.45) is 0 Å². The molecule has 0 radical (unpaired) electrons. The third-order valence-corrected chi connectivity index (χ3v) is 6.12. The number of hydrogen-bond acceptors (Lipinski definition) is 7. The van der Waals surface area contributed by atoms with Crippen LogP contribution in [-0.4, -0.2) is 45.3 Å². The van der Waals surface area contributed by atoms with Crippen LogP contribution in [0.2, 0.25) is 0 Å². The smallest absolute Gasteiger partial charge is 0.344 e. The van der Waals surface area contributed by atoms with Crippen molar-refractivity contribution >= 4 is 34.2 Å². The second-order valence-electron chi connectivity index (χ2n) is 8.34. The maximum absolute atomic E-state index is 13.1. The molecule has 1 aromatic heterocycles. The normalized spacial score (nSPS) is 13.4. The van der Waals surface area contributed by atoms with E-state index in [9.17, 15) is 14.4 Å². The number of nitrogens with zero attached hydrogens (tertiary/aromatic N) is 1. The first kappa shape index (κ1) is 23.3. The number of esters is 1. The van der Waals surface area contributed by atoms with Crippen molar-refractivity contribution in [3.8, 4) is 11.1 Å². The molecule has 182 valence electrons. The highest BCUT2D eigenvalue weighted by atomic mass is 16.5.